The van der Waals surface area contributed by atoms with Crippen LogP contribution in [0.4, 0.5) is 0 Å². The average molecular weight is 249 g/mol. The SMILES string of the molecule is Cc1c(C(C)NC2CCCC(C)C2C)cnn1C. The minimum Gasteiger partial charge on any atom is -0.307 e. The molecule has 3 heteroatoms. The summed E-state index contributed by atoms with van der Waals surface area (Å²) in [6.45, 7) is 9.19. The van der Waals surface area contributed by atoms with Gasteiger partial charge in [-0.1, -0.05) is 26.7 Å². The van der Waals surface area contributed by atoms with Gasteiger partial charge < -0.3 is 5.32 Å². The zero-order valence-corrected chi connectivity index (χ0v) is 12.4. The maximum Gasteiger partial charge on any atom is 0.0540 e. The number of hydrogen-bond donors (Lipinski definition) is 1. The monoisotopic (exact) mass is 249 g/mol. The number of aryl methyl sites for hydroxylation is 1. The molecule has 3 nitrogen and oxygen atoms in total. The van der Waals surface area contributed by atoms with E-state index in [0.717, 1.165) is 11.8 Å². The molecule has 1 aromatic heterocycles. The zero-order valence-electron chi connectivity index (χ0n) is 12.4. The predicted molar refractivity (Wildman–Crippen MR) is 75.5 cm³/mol. The maximum atomic E-state index is 4.34. The van der Waals surface area contributed by atoms with Gasteiger partial charge in [0.25, 0.3) is 0 Å². The van der Waals surface area contributed by atoms with Gasteiger partial charge in [-0.05, 0) is 32.1 Å². The van der Waals surface area contributed by atoms with E-state index in [0.29, 0.717) is 12.1 Å². The summed E-state index contributed by atoms with van der Waals surface area (Å²) in [6.07, 6.45) is 6.07. The number of aromatic nitrogens is 2. The van der Waals surface area contributed by atoms with Crippen LogP contribution in [0.3, 0.4) is 0 Å². The molecule has 0 radical (unpaired) electrons. The smallest absolute Gasteiger partial charge is 0.0540 e. The molecule has 4 atom stereocenters. The fraction of sp³-hybridized carbons (Fsp3) is 0.800. The molecule has 1 aliphatic carbocycles. The molecule has 1 fully saturated rings. The summed E-state index contributed by atoms with van der Waals surface area (Å²) >= 11 is 0. The number of hydrogen-bond acceptors (Lipinski definition) is 2. The van der Waals surface area contributed by atoms with Crippen molar-refractivity contribution in [1.82, 2.24) is 15.1 Å². The van der Waals surface area contributed by atoms with Gasteiger partial charge in [-0.25, -0.2) is 0 Å². The lowest BCUT2D eigenvalue weighted by Gasteiger charge is -2.36. The van der Waals surface area contributed by atoms with Gasteiger partial charge in [0.1, 0.15) is 0 Å². The van der Waals surface area contributed by atoms with Gasteiger partial charge in [0, 0.05) is 30.4 Å². The Labute approximate surface area is 111 Å². The molecule has 0 amide bonds. The Kier molecular flexibility index (Phi) is 4.10. The molecule has 0 aromatic carbocycles. The Bertz CT molecular complexity index is 396. The van der Waals surface area contributed by atoms with Crippen molar-refractivity contribution in [1.29, 1.82) is 0 Å². The molecule has 1 N–H and O–H groups in total. The molecule has 0 spiro atoms. The number of nitrogens with zero attached hydrogens (tertiary/aromatic N) is 2. The Morgan fingerprint density at radius 2 is 2.11 bits per heavy atom. The van der Waals surface area contributed by atoms with Crippen molar-refractivity contribution < 1.29 is 0 Å². The van der Waals surface area contributed by atoms with Gasteiger partial charge in [0.2, 0.25) is 0 Å². The maximum absolute atomic E-state index is 4.34. The third kappa shape index (κ3) is 2.61. The van der Waals surface area contributed by atoms with E-state index in [9.17, 15) is 0 Å². The second-order valence-corrected chi connectivity index (χ2v) is 6.07. The molecule has 1 heterocycles. The van der Waals surface area contributed by atoms with Crippen LogP contribution >= 0.6 is 0 Å². The van der Waals surface area contributed by atoms with Crippen LogP contribution in [0, 0.1) is 18.8 Å². The minimum atomic E-state index is 0.399. The first-order chi connectivity index (χ1) is 8.50. The van der Waals surface area contributed by atoms with Crippen LogP contribution in [0.25, 0.3) is 0 Å². The van der Waals surface area contributed by atoms with Crippen LogP contribution in [0.5, 0.6) is 0 Å². The molecule has 0 aliphatic heterocycles. The number of nitrogens with one attached hydrogen (secondary N) is 1. The summed E-state index contributed by atoms with van der Waals surface area (Å²) in [5, 5.41) is 8.16. The summed E-state index contributed by atoms with van der Waals surface area (Å²) in [5.74, 6) is 1.62. The molecule has 1 aliphatic rings. The van der Waals surface area contributed by atoms with Crippen LogP contribution in [0.15, 0.2) is 6.20 Å². The first kappa shape index (κ1) is 13.6. The van der Waals surface area contributed by atoms with Gasteiger partial charge >= 0.3 is 0 Å². The molecule has 1 aromatic rings. The lowest BCUT2D eigenvalue weighted by atomic mass is 9.77. The average Bonchev–Trinajstić information content (AvgIpc) is 2.66. The van der Waals surface area contributed by atoms with Gasteiger partial charge in [-0.2, -0.15) is 5.10 Å². The van der Waals surface area contributed by atoms with Crippen molar-refractivity contribution >= 4 is 0 Å². The molecular weight excluding hydrogens is 222 g/mol. The molecular formula is C15H27N3. The summed E-state index contributed by atoms with van der Waals surface area (Å²) in [4.78, 5) is 0. The standard InChI is InChI=1S/C15H27N3/c1-10-7-6-8-15(11(10)2)17-12(3)14-9-16-18(5)13(14)4/h9-12,15,17H,6-8H2,1-5H3. The summed E-state index contributed by atoms with van der Waals surface area (Å²) in [5.41, 5.74) is 2.61. The molecule has 18 heavy (non-hydrogen) atoms. The van der Waals surface area contributed by atoms with E-state index in [-0.39, 0.29) is 0 Å². The van der Waals surface area contributed by atoms with Crippen LogP contribution in [0.1, 0.15) is 57.3 Å². The molecule has 102 valence electrons. The molecule has 1 saturated carbocycles. The van der Waals surface area contributed by atoms with E-state index < -0.39 is 0 Å². The highest BCUT2D eigenvalue weighted by Crippen LogP contribution is 2.31. The largest absolute Gasteiger partial charge is 0.307 e. The highest BCUT2D eigenvalue weighted by molar-refractivity contribution is 5.20. The topological polar surface area (TPSA) is 29.9 Å². The molecule has 0 bridgehead atoms. The molecule has 0 saturated heterocycles. The Morgan fingerprint density at radius 1 is 1.39 bits per heavy atom. The van der Waals surface area contributed by atoms with E-state index in [4.69, 9.17) is 0 Å². The van der Waals surface area contributed by atoms with Crippen molar-refractivity contribution in [2.75, 3.05) is 0 Å². The Morgan fingerprint density at radius 3 is 2.72 bits per heavy atom. The van der Waals surface area contributed by atoms with Gasteiger partial charge in [-0.3, -0.25) is 4.68 Å². The quantitative estimate of drug-likeness (QED) is 0.891. The van der Waals surface area contributed by atoms with E-state index >= 15 is 0 Å². The van der Waals surface area contributed by atoms with E-state index in [1.54, 1.807) is 0 Å². The lowest BCUT2D eigenvalue weighted by molar-refractivity contribution is 0.196. The Balaban J connectivity index is 2.02. The van der Waals surface area contributed by atoms with E-state index in [1.165, 1.54) is 30.5 Å². The highest BCUT2D eigenvalue weighted by Gasteiger charge is 2.28. The van der Waals surface area contributed by atoms with Gasteiger partial charge in [0.15, 0.2) is 0 Å². The fourth-order valence-electron chi connectivity index (χ4n) is 3.17. The third-order valence-electron chi connectivity index (χ3n) is 4.91. The van der Waals surface area contributed by atoms with Gasteiger partial charge in [-0.15, -0.1) is 0 Å². The molecule has 2 rings (SSSR count). The van der Waals surface area contributed by atoms with E-state index in [2.05, 4.69) is 38.1 Å². The second-order valence-electron chi connectivity index (χ2n) is 6.07. The van der Waals surface area contributed by atoms with Crippen molar-refractivity contribution in [3.8, 4) is 0 Å². The minimum absolute atomic E-state index is 0.399. The summed E-state index contributed by atoms with van der Waals surface area (Å²) in [6, 6.07) is 1.06. The summed E-state index contributed by atoms with van der Waals surface area (Å²) in [7, 11) is 2.01. The first-order valence-corrected chi connectivity index (χ1v) is 7.25. The van der Waals surface area contributed by atoms with Gasteiger partial charge in [0.05, 0.1) is 6.20 Å². The zero-order chi connectivity index (χ0) is 13.3. The van der Waals surface area contributed by atoms with Crippen LogP contribution in [-0.4, -0.2) is 15.8 Å². The van der Waals surface area contributed by atoms with Crippen LogP contribution in [0.2, 0.25) is 0 Å². The van der Waals surface area contributed by atoms with Crippen LogP contribution in [-0.2, 0) is 7.05 Å². The van der Waals surface area contributed by atoms with Crippen molar-refractivity contribution in [3.63, 3.8) is 0 Å². The summed E-state index contributed by atoms with van der Waals surface area (Å²) < 4.78 is 1.96. The molecule has 4 unspecified atom stereocenters. The Hall–Kier alpha value is -0.830. The third-order valence-corrected chi connectivity index (χ3v) is 4.91. The fourth-order valence-corrected chi connectivity index (χ4v) is 3.17. The van der Waals surface area contributed by atoms with E-state index in [1.807, 2.05) is 17.9 Å². The lowest BCUT2D eigenvalue weighted by Crippen LogP contribution is -2.41. The van der Waals surface area contributed by atoms with Crippen molar-refractivity contribution in [2.24, 2.45) is 18.9 Å². The second kappa shape index (κ2) is 5.43. The van der Waals surface area contributed by atoms with Crippen LogP contribution < -0.4 is 5.32 Å². The normalized spacial score (nSPS) is 30.4. The van der Waals surface area contributed by atoms with Crippen molar-refractivity contribution in [3.05, 3.63) is 17.5 Å². The first-order valence-electron chi connectivity index (χ1n) is 7.25. The predicted octanol–water partition coefficient (Wildman–Crippen LogP) is 3.20. The van der Waals surface area contributed by atoms with Crippen molar-refractivity contribution in [2.45, 2.75) is 59.0 Å². The highest BCUT2D eigenvalue weighted by atomic mass is 15.3. The number of rotatable bonds is 3.